The Morgan fingerprint density at radius 1 is 0.775 bits per heavy atom. The first-order chi connectivity index (χ1) is 18.8. The van der Waals surface area contributed by atoms with E-state index in [0.29, 0.717) is 36.7 Å². The molecule has 0 aliphatic rings. The predicted octanol–water partition coefficient (Wildman–Crippen LogP) is 5.20. The molecule has 0 saturated heterocycles. The molecule has 226 valence electrons. The van der Waals surface area contributed by atoms with E-state index >= 15 is 0 Å². The van der Waals surface area contributed by atoms with E-state index in [2.05, 4.69) is 0 Å². The lowest BCUT2D eigenvalue weighted by molar-refractivity contribution is -0.160. The van der Waals surface area contributed by atoms with Crippen molar-refractivity contribution >= 4 is 24.2 Å². The molecule has 1 unspecified atom stereocenters. The fourth-order valence-electron chi connectivity index (χ4n) is 3.00. The summed E-state index contributed by atoms with van der Waals surface area (Å²) in [5.41, 5.74) is 6.55. The second-order valence-electron chi connectivity index (χ2n) is 10.5. The van der Waals surface area contributed by atoms with Gasteiger partial charge in [0.15, 0.2) is 11.5 Å². The average molecular weight is 568 g/mol. The Morgan fingerprint density at radius 3 is 1.85 bits per heavy atom. The SMILES string of the molecule is CCC(C)C(=O)OC[C@H](C)OC(=O)[C@@H](N)Cc1ccc(OC(=O)OCCC(C)C)c(OC(=O)OCCC(C)C)c1. The smallest absolute Gasteiger partial charge is 0.462 e. The fourth-order valence-corrected chi connectivity index (χ4v) is 3.00. The highest BCUT2D eigenvalue weighted by molar-refractivity contribution is 5.76. The van der Waals surface area contributed by atoms with E-state index in [0.717, 1.165) is 0 Å². The molecule has 0 aromatic heterocycles. The van der Waals surface area contributed by atoms with Crippen molar-refractivity contribution in [2.75, 3.05) is 19.8 Å². The number of rotatable bonds is 16. The van der Waals surface area contributed by atoms with Crippen LogP contribution in [0.25, 0.3) is 0 Å². The van der Waals surface area contributed by atoms with Gasteiger partial charge in [-0.05, 0) is 62.1 Å². The van der Waals surface area contributed by atoms with Gasteiger partial charge in [0, 0.05) is 0 Å². The molecule has 0 bridgehead atoms. The standard InChI is InChI=1S/C29H45NO10/c1-8-20(6)26(31)37-17-21(7)38-27(32)23(30)15-22-9-10-24(39-28(33)35-13-11-18(2)3)25(16-22)40-29(34)36-14-12-19(4)5/h9-10,16,18-21,23H,8,11-15,17,30H2,1-7H3/t20?,21-,23-/m0/s1. The monoisotopic (exact) mass is 567 g/mol. The first kappa shape index (κ1) is 34.7. The molecule has 0 amide bonds. The van der Waals surface area contributed by atoms with Crippen LogP contribution in [0.1, 0.15) is 73.3 Å². The van der Waals surface area contributed by atoms with Gasteiger partial charge in [-0.3, -0.25) is 9.59 Å². The summed E-state index contributed by atoms with van der Waals surface area (Å²) < 4.78 is 31.2. The number of ether oxygens (including phenoxy) is 6. The Labute approximate surface area is 236 Å². The van der Waals surface area contributed by atoms with Crippen molar-refractivity contribution in [2.24, 2.45) is 23.5 Å². The van der Waals surface area contributed by atoms with Gasteiger partial charge in [-0.2, -0.15) is 0 Å². The molecule has 0 radical (unpaired) electrons. The Bertz CT molecular complexity index is 962. The summed E-state index contributed by atoms with van der Waals surface area (Å²) in [5, 5.41) is 0. The van der Waals surface area contributed by atoms with Crippen LogP contribution in [0.5, 0.6) is 11.5 Å². The van der Waals surface area contributed by atoms with Gasteiger partial charge < -0.3 is 34.2 Å². The van der Waals surface area contributed by atoms with Crippen molar-refractivity contribution in [3.63, 3.8) is 0 Å². The maximum atomic E-state index is 12.5. The van der Waals surface area contributed by atoms with Crippen molar-refractivity contribution < 1.29 is 47.6 Å². The topological polar surface area (TPSA) is 150 Å². The van der Waals surface area contributed by atoms with Gasteiger partial charge in [-0.25, -0.2) is 9.59 Å². The zero-order valence-corrected chi connectivity index (χ0v) is 24.7. The van der Waals surface area contributed by atoms with E-state index in [4.69, 9.17) is 34.2 Å². The largest absolute Gasteiger partial charge is 0.513 e. The molecule has 40 heavy (non-hydrogen) atoms. The predicted molar refractivity (Wildman–Crippen MR) is 147 cm³/mol. The molecule has 11 nitrogen and oxygen atoms in total. The van der Waals surface area contributed by atoms with E-state index in [1.54, 1.807) is 19.9 Å². The van der Waals surface area contributed by atoms with Crippen molar-refractivity contribution in [3.8, 4) is 11.5 Å². The number of esters is 2. The molecule has 1 aromatic rings. The molecular formula is C29H45NO10. The maximum absolute atomic E-state index is 12.5. The number of benzene rings is 1. The summed E-state index contributed by atoms with van der Waals surface area (Å²) in [4.78, 5) is 48.8. The lowest BCUT2D eigenvalue weighted by atomic mass is 10.1. The van der Waals surface area contributed by atoms with E-state index in [1.165, 1.54) is 12.1 Å². The third-order valence-electron chi connectivity index (χ3n) is 5.78. The summed E-state index contributed by atoms with van der Waals surface area (Å²) in [6.07, 6.45) is -0.642. The highest BCUT2D eigenvalue weighted by Gasteiger charge is 2.22. The molecule has 0 heterocycles. The molecule has 0 aliphatic carbocycles. The van der Waals surface area contributed by atoms with Gasteiger partial charge in [0.05, 0.1) is 19.1 Å². The zero-order valence-electron chi connectivity index (χ0n) is 24.7. The quantitative estimate of drug-likeness (QED) is 0.159. The van der Waals surface area contributed by atoms with Gasteiger partial charge in [0.2, 0.25) is 0 Å². The summed E-state index contributed by atoms with van der Waals surface area (Å²) in [6, 6.07) is 3.33. The second kappa shape index (κ2) is 18.1. The van der Waals surface area contributed by atoms with Crippen LogP contribution in [0.3, 0.4) is 0 Å². The number of hydrogen-bond donors (Lipinski definition) is 1. The third-order valence-corrected chi connectivity index (χ3v) is 5.78. The molecule has 0 fully saturated rings. The molecule has 0 saturated carbocycles. The number of carbonyl (C=O) groups is 4. The van der Waals surface area contributed by atoms with E-state index in [9.17, 15) is 19.2 Å². The van der Waals surface area contributed by atoms with Gasteiger partial charge in [-0.15, -0.1) is 0 Å². The maximum Gasteiger partial charge on any atom is 0.513 e. The Balaban J connectivity index is 2.87. The van der Waals surface area contributed by atoms with Crippen molar-refractivity contribution in [1.29, 1.82) is 0 Å². The first-order valence-corrected chi connectivity index (χ1v) is 13.8. The Morgan fingerprint density at radius 2 is 1.32 bits per heavy atom. The van der Waals surface area contributed by atoms with Gasteiger partial charge >= 0.3 is 24.2 Å². The van der Waals surface area contributed by atoms with E-state index < -0.39 is 30.4 Å². The number of nitrogens with two attached hydrogens (primary N) is 1. The van der Waals surface area contributed by atoms with E-state index in [-0.39, 0.29) is 49.6 Å². The minimum absolute atomic E-state index is 0.0239. The lowest BCUT2D eigenvalue weighted by Crippen LogP contribution is -2.37. The Kier molecular flexibility index (Phi) is 15.7. The van der Waals surface area contributed by atoms with Crippen LogP contribution in [-0.2, 0) is 35.0 Å². The molecule has 3 atom stereocenters. The molecule has 2 N–H and O–H groups in total. The molecular weight excluding hydrogens is 522 g/mol. The highest BCUT2D eigenvalue weighted by Crippen LogP contribution is 2.30. The first-order valence-electron chi connectivity index (χ1n) is 13.8. The van der Waals surface area contributed by atoms with Crippen LogP contribution < -0.4 is 15.2 Å². The van der Waals surface area contributed by atoms with Crippen LogP contribution in [0, 0.1) is 17.8 Å². The number of hydrogen-bond acceptors (Lipinski definition) is 11. The van der Waals surface area contributed by atoms with Crippen LogP contribution in [-0.4, -0.2) is 56.2 Å². The van der Waals surface area contributed by atoms with Crippen LogP contribution in [0.15, 0.2) is 18.2 Å². The van der Waals surface area contributed by atoms with Crippen LogP contribution >= 0.6 is 0 Å². The summed E-state index contributed by atoms with van der Waals surface area (Å²) in [5.74, 6) is -0.807. The minimum atomic E-state index is -1.06. The summed E-state index contributed by atoms with van der Waals surface area (Å²) in [7, 11) is 0. The van der Waals surface area contributed by atoms with Gasteiger partial charge in [0.1, 0.15) is 18.8 Å². The second-order valence-corrected chi connectivity index (χ2v) is 10.5. The van der Waals surface area contributed by atoms with Crippen LogP contribution in [0.2, 0.25) is 0 Å². The molecule has 0 spiro atoms. The molecule has 0 aliphatic heterocycles. The molecule has 11 heteroatoms. The third kappa shape index (κ3) is 14.2. The molecule has 1 aromatic carbocycles. The number of carbonyl (C=O) groups excluding carboxylic acids is 4. The minimum Gasteiger partial charge on any atom is -0.462 e. The van der Waals surface area contributed by atoms with Crippen molar-refractivity contribution in [3.05, 3.63) is 23.8 Å². The average Bonchev–Trinajstić information content (AvgIpc) is 2.87. The molecule has 1 rings (SSSR count). The fraction of sp³-hybridized carbons (Fsp3) is 0.655. The highest BCUT2D eigenvalue weighted by atomic mass is 16.7. The normalized spacial score (nSPS) is 13.2. The van der Waals surface area contributed by atoms with E-state index in [1.807, 2.05) is 34.6 Å². The zero-order chi connectivity index (χ0) is 30.2. The van der Waals surface area contributed by atoms with Gasteiger partial charge in [-0.1, -0.05) is 47.6 Å². The van der Waals surface area contributed by atoms with Crippen LogP contribution in [0.4, 0.5) is 9.59 Å². The van der Waals surface area contributed by atoms with Gasteiger partial charge in [0.25, 0.3) is 0 Å². The Hall–Kier alpha value is -3.34. The summed E-state index contributed by atoms with van der Waals surface area (Å²) in [6.45, 7) is 13.4. The van der Waals surface area contributed by atoms with Crippen molar-refractivity contribution in [2.45, 2.75) is 86.3 Å². The lowest BCUT2D eigenvalue weighted by Gasteiger charge is -2.18. The summed E-state index contributed by atoms with van der Waals surface area (Å²) >= 11 is 0. The van der Waals surface area contributed by atoms with Crippen molar-refractivity contribution in [1.82, 2.24) is 0 Å².